The summed E-state index contributed by atoms with van der Waals surface area (Å²) in [5, 5.41) is 3.51. The van der Waals surface area contributed by atoms with Gasteiger partial charge in [0.05, 0.1) is 19.1 Å². The summed E-state index contributed by atoms with van der Waals surface area (Å²) in [6, 6.07) is 13.1. The highest BCUT2D eigenvalue weighted by Gasteiger charge is 2.27. The van der Waals surface area contributed by atoms with Crippen molar-refractivity contribution in [1.29, 1.82) is 0 Å². The fourth-order valence-corrected chi connectivity index (χ4v) is 4.69. The van der Waals surface area contributed by atoms with Crippen molar-refractivity contribution in [2.75, 3.05) is 24.2 Å². The Morgan fingerprint density at radius 3 is 2.36 bits per heavy atom. The first-order chi connectivity index (χ1) is 17.0. The van der Waals surface area contributed by atoms with Gasteiger partial charge in [-0.05, 0) is 56.5 Å². The summed E-state index contributed by atoms with van der Waals surface area (Å²) >= 11 is 6.00. The van der Waals surface area contributed by atoms with Crippen molar-refractivity contribution in [2.45, 2.75) is 58.7 Å². The molecule has 0 aliphatic carbocycles. The van der Waals surface area contributed by atoms with Crippen LogP contribution in [0, 0.1) is 0 Å². The van der Waals surface area contributed by atoms with E-state index < -0.39 is 16.1 Å². The minimum absolute atomic E-state index is 0.0152. The first-order valence-corrected chi connectivity index (χ1v) is 14.1. The maximum atomic E-state index is 13.3. The second kappa shape index (κ2) is 13.5. The number of rotatable bonds is 13. The van der Waals surface area contributed by atoms with E-state index in [-0.39, 0.29) is 43.8 Å². The number of hydrogen-bond donors (Lipinski definition) is 1. The number of carbonyl (C=O) groups is 2. The van der Waals surface area contributed by atoms with Gasteiger partial charge in [-0.1, -0.05) is 36.7 Å². The van der Waals surface area contributed by atoms with Crippen molar-refractivity contribution in [3.05, 3.63) is 59.1 Å². The van der Waals surface area contributed by atoms with Crippen molar-refractivity contribution in [1.82, 2.24) is 10.2 Å². The number of halogens is 1. The molecule has 36 heavy (non-hydrogen) atoms. The molecule has 198 valence electrons. The van der Waals surface area contributed by atoms with Crippen molar-refractivity contribution in [3.8, 4) is 5.75 Å². The van der Waals surface area contributed by atoms with E-state index in [1.54, 1.807) is 43.3 Å². The van der Waals surface area contributed by atoms with Crippen LogP contribution in [0.25, 0.3) is 0 Å². The Morgan fingerprint density at radius 1 is 1.11 bits per heavy atom. The lowest BCUT2D eigenvalue weighted by molar-refractivity contribution is -0.140. The van der Waals surface area contributed by atoms with Crippen LogP contribution in [0.15, 0.2) is 48.5 Å². The van der Waals surface area contributed by atoms with Gasteiger partial charge in [-0.3, -0.25) is 13.9 Å². The summed E-state index contributed by atoms with van der Waals surface area (Å²) in [7, 11) is -2.07. The Balaban J connectivity index is 2.17. The molecule has 1 N–H and O–H groups in total. The van der Waals surface area contributed by atoms with Gasteiger partial charge < -0.3 is 15.0 Å². The van der Waals surface area contributed by atoms with Crippen LogP contribution in [0.3, 0.4) is 0 Å². The average molecular weight is 538 g/mol. The predicted octanol–water partition coefficient (Wildman–Crippen LogP) is 4.23. The van der Waals surface area contributed by atoms with Gasteiger partial charge in [0.25, 0.3) is 0 Å². The van der Waals surface area contributed by atoms with Crippen molar-refractivity contribution >= 4 is 39.1 Å². The third kappa shape index (κ3) is 8.71. The van der Waals surface area contributed by atoms with Gasteiger partial charge in [-0.25, -0.2) is 8.42 Å². The molecule has 10 heteroatoms. The second-order valence-electron chi connectivity index (χ2n) is 8.78. The number of benzene rings is 2. The monoisotopic (exact) mass is 537 g/mol. The quantitative estimate of drug-likeness (QED) is 0.412. The standard InChI is InChI=1S/C26H36ClN3O5S/c1-6-19(2)28-26(32)20(3)29(18-21-12-14-22(27)15-13-21)25(31)11-8-16-30(36(5,33)34)23-9-7-10-24(17-23)35-4/h7,9-10,12-15,17,19-20H,6,8,11,16,18H2,1-5H3,(H,28,32)/t19-,20-/m0/s1. The van der Waals surface area contributed by atoms with Crippen LogP contribution in [0.1, 0.15) is 45.6 Å². The van der Waals surface area contributed by atoms with E-state index in [1.807, 2.05) is 26.0 Å². The van der Waals surface area contributed by atoms with Gasteiger partial charge in [0.15, 0.2) is 0 Å². The third-order valence-corrected chi connectivity index (χ3v) is 7.37. The van der Waals surface area contributed by atoms with Crippen LogP contribution in [0.5, 0.6) is 5.75 Å². The molecule has 0 radical (unpaired) electrons. The average Bonchev–Trinajstić information content (AvgIpc) is 2.84. The van der Waals surface area contributed by atoms with Gasteiger partial charge in [0.1, 0.15) is 11.8 Å². The summed E-state index contributed by atoms with van der Waals surface area (Å²) in [6.45, 7) is 5.93. The highest BCUT2D eigenvalue weighted by atomic mass is 35.5. The van der Waals surface area contributed by atoms with E-state index in [4.69, 9.17) is 16.3 Å². The number of nitrogens with one attached hydrogen (secondary N) is 1. The summed E-state index contributed by atoms with van der Waals surface area (Å²) in [6.07, 6.45) is 2.25. The lowest BCUT2D eigenvalue weighted by atomic mass is 10.1. The molecule has 0 aliphatic rings. The molecule has 2 aromatic rings. The Bertz CT molecular complexity index is 1120. The van der Waals surface area contributed by atoms with E-state index in [2.05, 4.69) is 5.32 Å². The van der Waals surface area contributed by atoms with Crippen LogP contribution in [0.2, 0.25) is 5.02 Å². The molecule has 0 heterocycles. The number of methoxy groups -OCH3 is 1. The zero-order valence-electron chi connectivity index (χ0n) is 21.5. The van der Waals surface area contributed by atoms with Gasteiger partial charge in [0.2, 0.25) is 21.8 Å². The topological polar surface area (TPSA) is 96.0 Å². The molecular weight excluding hydrogens is 502 g/mol. The van der Waals surface area contributed by atoms with E-state index in [1.165, 1.54) is 16.3 Å². The summed E-state index contributed by atoms with van der Waals surface area (Å²) in [5.41, 5.74) is 1.30. The van der Waals surface area contributed by atoms with Crippen LogP contribution >= 0.6 is 11.6 Å². The van der Waals surface area contributed by atoms with Crippen LogP contribution in [-0.4, -0.2) is 57.1 Å². The Kier molecular flexibility index (Phi) is 11.0. The van der Waals surface area contributed by atoms with Gasteiger partial charge >= 0.3 is 0 Å². The summed E-state index contributed by atoms with van der Waals surface area (Å²) in [5.74, 6) is 0.0594. The summed E-state index contributed by atoms with van der Waals surface area (Å²) < 4.78 is 31.4. The first-order valence-electron chi connectivity index (χ1n) is 11.9. The number of sulfonamides is 1. The largest absolute Gasteiger partial charge is 0.497 e. The van der Waals surface area contributed by atoms with Crippen molar-refractivity contribution in [3.63, 3.8) is 0 Å². The number of anilines is 1. The molecule has 2 rings (SSSR count). The molecule has 8 nitrogen and oxygen atoms in total. The van der Waals surface area contributed by atoms with Crippen molar-refractivity contribution < 1.29 is 22.7 Å². The fourth-order valence-electron chi connectivity index (χ4n) is 3.60. The molecule has 0 saturated carbocycles. The van der Waals surface area contributed by atoms with E-state index in [9.17, 15) is 18.0 Å². The SMILES string of the molecule is CC[C@H](C)NC(=O)[C@H](C)N(Cc1ccc(Cl)cc1)C(=O)CCCN(c1cccc(OC)c1)S(C)(=O)=O. The Morgan fingerprint density at radius 2 is 1.78 bits per heavy atom. The highest BCUT2D eigenvalue weighted by molar-refractivity contribution is 7.92. The minimum atomic E-state index is -3.58. The maximum absolute atomic E-state index is 13.3. The minimum Gasteiger partial charge on any atom is -0.497 e. The van der Waals surface area contributed by atoms with E-state index >= 15 is 0 Å². The van der Waals surface area contributed by atoms with Gasteiger partial charge in [0, 0.05) is 36.6 Å². The number of ether oxygens (including phenoxy) is 1. The molecular formula is C26H36ClN3O5S. The zero-order chi connectivity index (χ0) is 26.9. The molecule has 0 spiro atoms. The Hall–Kier alpha value is -2.78. The van der Waals surface area contributed by atoms with Crippen molar-refractivity contribution in [2.24, 2.45) is 0 Å². The first kappa shape index (κ1) is 29.5. The highest BCUT2D eigenvalue weighted by Crippen LogP contribution is 2.24. The van der Waals surface area contributed by atoms with Gasteiger partial charge in [-0.15, -0.1) is 0 Å². The summed E-state index contributed by atoms with van der Waals surface area (Å²) in [4.78, 5) is 27.7. The van der Waals surface area contributed by atoms with Crippen LogP contribution < -0.4 is 14.4 Å². The molecule has 0 unspecified atom stereocenters. The predicted molar refractivity (Wildman–Crippen MR) is 144 cm³/mol. The smallest absolute Gasteiger partial charge is 0.242 e. The molecule has 2 aromatic carbocycles. The molecule has 2 atom stereocenters. The molecule has 0 saturated heterocycles. The number of nitrogens with zero attached hydrogens (tertiary/aromatic N) is 2. The second-order valence-corrected chi connectivity index (χ2v) is 11.1. The molecule has 0 aromatic heterocycles. The van der Waals surface area contributed by atoms with E-state index in [0.29, 0.717) is 16.5 Å². The fraction of sp³-hybridized carbons (Fsp3) is 0.462. The van der Waals surface area contributed by atoms with Gasteiger partial charge in [-0.2, -0.15) is 0 Å². The lowest BCUT2D eigenvalue weighted by Gasteiger charge is -2.30. The maximum Gasteiger partial charge on any atom is 0.242 e. The number of amides is 2. The molecule has 2 amide bonds. The normalized spacial score (nSPS) is 12.9. The van der Waals surface area contributed by atoms with Crippen LogP contribution in [-0.2, 0) is 26.2 Å². The Labute approximate surface area is 219 Å². The number of hydrogen-bond acceptors (Lipinski definition) is 5. The molecule has 0 fully saturated rings. The lowest BCUT2D eigenvalue weighted by Crippen LogP contribution is -2.49. The number of carbonyl (C=O) groups excluding carboxylic acids is 2. The zero-order valence-corrected chi connectivity index (χ0v) is 23.1. The van der Waals surface area contributed by atoms with Crippen LogP contribution in [0.4, 0.5) is 5.69 Å². The third-order valence-electron chi connectivity index (χ3n) is 5.93. The molecule has 0 aliphatic heterocycles. The molecule has 0 bridgehead atoms. The van der Waals surface area contributed by atoms with E-state index in [0.717, 1.165) is 18.2 Å².